The molecule has 0 heterocycles. The van der Waals surface area contributed by atoms with Gasteiger partial charge in [-0.2, -0.15) is 0 Å². The van der Waals surface area contributed by atoms with Gasteiger partial charge in [-0.05, 0) is 61.1 Å². The molecular formula is C33H43N. The number of hydrogen-bond acceptors (Lipinski definition) is 1. The van der Waals surface area contributed by atoms with Gasteiger partial charge in [0.15, 0.2) is 0 Å². The Morgan fingerprint density at radius 3 is 1.56 bits per heavy atom. The quantitative estimate of drug-likeness (QED) is 0.260. The molecule has 34 heavy (non-hydrogen) atoms. The van der Waals surface area contributed by atoms with Crippen molar-refractivity contribution in [3.05, 3.63) is 139 Å². The van der Waals surface area contributed by atoms with Gasteiger partial charge >= 0.3 is 0 Å². The molecule has 0 radical (unpaired) electrons. The lowest BCUT2D eigenvalue weighted by molar-refractivity contribution is 1.07. The van der Waals surface area contributed by atoms with Crippen molar-refractivity contribution >= 4 is 11.3 Å². The third-order valence-electron chi connectivity index (χ3n) is 5.07. The minimum atomic E-state index is 0.683. The molecule has 1 nitrogen and oxygen atoms in total. The number of hydrogen-bond donors (Lipinski definition) is 0. The number of benzene rings is 3. The summed E-state index contributed by atoms with van der Waals surface area (Å²) in [7, 11) is 0. The zero-order valence-electron chi connectivity index (χ0n) is 22.2. The van der Waals surface area contributed by atoms with Crippen LogP contribution in [0.15, 0.2) is 110 Å². The summed E-state index contributed by atoms with van der Waals surface area (Å²) in [6.07, 6.45) is 3.26. The van der Waals surface area contributed by atoms with Gasteiger partial charge in [0.25, 0.3) is 0 Å². The third kappa shape index (κ3) is 10.4. The second kappa shape index (κ2) is 18.0. The highest BCUT2D eigenvalue weighted by atomic mass is 14.7. The first-order valence-corrected chi connectivity index (χ1v) is 12.0. The largest absolute Gasteiger partial charge is 0.280 e. The summed E-state index contributed by atoms with van der Waals surface area (Å²) in [5.74, 6) is 0. The van der Waals surface area contributed by atoms with E-state index < -0.39 is 0 Å². The molecule has 1 heteroatoms. The summed E-state index contributed by atoms with van der Waals surface area (Å²) in [6, 6.07) is 26.1. The Kier molecular flexibility index (Phi) is 16.2. The van der Waals surface area contributed by atoms with Crippen LogP contribution < -0.4 is 0 Å². The van der Waals surface area contributed by atoms with Crippen LogP contribution in [-0.2, 0) is 13.0 Å². The maximum atomic E-state index is 4.97. The second-order valence-electron chi connectivity index (χ2n) is 7.43. The fourth-order valence-corrected chi connectivity index (χ4v) is 3.11. The van der Waals surface area contributed by atoms with E-state index in [0.717, 1.165) is 17.7 Å². The first-order valence-electron chi connectivity index (χ1n) is 12.0. The standard InChI is InChI=1S/C27H29N.C2H6.2C2H4/c1-5-23-12-16-26(17-13-23)27(28-19-24-10-6-20(2)7-11-24)18-22(4)25-14-8-21(3)9-15-25;3*1-2/h6-18H,5,19H2,1-4H3;1-2H3;2*1-2H2/b22-18+,28-27?;;;. The molecule has 3 aromatic carbocycles. The lowest BCUT2D eigenvalue weighted by Gasteiger charge is -2.08. The molecule has 0 saturated carbocycles. The molecule has 3 aromatic rings. The van der Waals surface area contributed by atoms with E-state index in [1.807, 2.05) is 13.8 Å². The van der Waals surface area contributed by atoms with Crippen molar-refractivity contribution in [1.82, 2.24) is 0 Å². The van der Waals surface area contributed by atoms with E-state index in [0.29, 0.717) is 6.54 Å². The maximum absolute atomic E-state index is 4.97. The Hall–Kier alpha value is -3.45. The molecule has 0 aliphatic heterocycles. The van der Waals surface area contributed by atoms with Crippen molar-refractivity contribution in [3.63, 3.8) is 0 Å². The van der Waals surface area contributed by atoms with Crippen LogP contribution >= 0.6 is 0 Å². The Bertz CT molecular complexity index is 986. The average Bonchev–Trinajstić information content (AvgIpc) is 2.91. The highest BCUT2D eigenvalue weighted by Crippen LogP contribution is 2.17. The van der Waals surface area contributed by atoms with Crippen LogP contribution in [0, 0.1) is 13.8 Å². The smallest absolute Gasteiger partial charge is 0.0653 e. The number of rotatable bonds is 6. The van der Waals surface area contributed by atoms with Crippen LogP contribution in [0.1, 0.15) is 61.1 Å². The average molecular weight is 454 g/mol. The molecule has 0 aliphatic carbocycles. The molecule has 0 N–H and O–H groups in total. The van der Waals surface area contributed by atoms with Crippen molar-refractivity contribution < 1.29 is 0 Å². The highest BCUT2D eigenvalue weighted by Gasteiger charge is 2.04. The predicted octanol–water partition coefficient (Wildman–Crippen LogP) is 9.59. The van der Waals surface area contributed by atoms with Gasteiger partial charge in [-0.3, -0.25) is 4.99 Å². The summed E-state index contributed by atoms with van der Waals surface area (Å²) in [5.41, 5.74) is 9.78. The molecule has 0 aromatic heterocycles. The van der Waals surface area contributed by atoms with E-state index in [1.165, 1.54) is 33.4 Å². The summed E-state index contributed by atoms with van der Waals surface area (Å²) < 4.78 is 0. The van der Waals surface area contributed by atoms with Crippen molar-refractivity contribution in [1.29, 1.82) is 0 Å². The summed E-state index contributed by atoms with van der Waals surface area (Å²) in [5, 5.41) is 0. The zero-order valence-corrected chi connectivity index (χ0v) is 22.2. The lowest BCUT2D eigenvalue weighted by atomic mass is 10.0. The van der Waals surface area contributed by atoms with Crippen molar-refractivity contribution in [3.8, 4) is 0 Å². The van der Waals surface area contributed by atoms with Crippen molar-refractivity contribution in [2.45, 2.75) is 54.5 Å². The molecule has 180 valence electrons. The normalized spacial score (nSPS) is 10.5. The van der Waals surface area contributed by atoms with E-state index in [-0.39, 0.29) is 0 Å². The summed E-state index contributed by atoms with van der Waals surface area (Å²) in [4.78, 5) is 4.97. The van der Waals surface area contributed by atoms with Gasteiger partial charge in [0.05, 0.1) is 12.3 Å². The predicted molar refractivity (Wildman–Crippen MR) is 156 cm³/mol. The number of nitrogens with zero attached hydrogens (tertiary/aromatic N) is 1. The highest BCUT2D eigenvalue weighted by molar-refractivity contribution is 6.12. The summed E-state index contributed by atoms with van der Waals surface area (Å²) >= 11 is 0. The Morgan fingerprint density at radius 1 is 0.676 bits per heavy atom. The van der Waals surface area contributed by atoms with Gasteiger partial charge in [-0.25, -0.2) is 0 Å². The second-order valence-corrected chi connectivity index (χ2v) is 7.43. The SMILES string of the molecule is C=C.C=C.CC.CCc1ccc(C(/C=C(\C)c2ccc(C)cc2)=NCc2ccc(C)cc2)cc1. The van der Waals surface area contributed by atoms with Gasteiger partial charge in [0.1, 0.15) is 0 Å². The summed E-state index contributed by atoms with van der Waals surface area (Å²) in [6.45, 7) is 25.3. The minimum absolute atomic E-state index is 0.683. The van der Waals surface area contributed by atoms with Gasteiger partial charge < -0.3 is 0 Å². The fourth-order valence-electron chi connectivity index (χ4n) is 3.11. The molecular weight excluding hydrogens is 410 g/mol. The van der Waals surface area contributed by atoms with Gasteiger partial charge in [0.2, 0.25) is 0 Å². The molecule has 0 atom stereocenters. The third-order valence-corrected chi connectivity index (χ3v) is 5.07. The molecule has 0 spiro atoms. The van der Waals surface area contributed by atoms with Crippen LogP contribution in [0.4, 0.5) is 0 Å². The van der Waals surface area contributed by atoms with Crippen LogP contribution in [0.2, 0.25) is 0 Å². The van der Waals surface area contributed by atoms with Gasteiger partial charge in [-0.15, -0.1) is 26.3 Å². The van der Waals surface area contributed by atoms with Crippen LogP contribution in [-0.4, -0.2) is 5.71 Å². The molecule has 0 aliphatic rings. The van der Waals surface area contributed by atoms with E-state index in [9.17, 15) is 0 Å². The van der Waals surface area contributed by atoms with Crippen molar-refractivity contribution in [2.24, 2.45) is 4.99 Å². The number of aryl methyl sites for hydroxylation is 3. The topological polar surface area (TPSA) is 12.4 Å². The zero-order chi connectivity index (χ0) is 25.9. The number of allylic oxidation sites excluding steroid dienone is 2. The molecule has 0 saturated heterocycles. The monoisotopic (exact) mass is 453 g/mol. The van der Waals surface area contributed by atoms with Crippen LogP contribution in [0.5, 0.6) is 0 Å². The Labute approximate surface area is 209 Å². The van der Waals surface area contributed by atoms with Gasteiger partial charge in [0, 0.05) is 0 Å². The molecule has 0 bridgehead atoms. The Morgan fingerprint density at radius 2 is 1.09 bits per heavy atom. The first kappa shape index (κ1) is 30.6. The van der Waals surface area contributed by atoms with Crippen molar-refractivity contribution in [2.75, 3.05) is 0 Å². The number of aliphatic imine (C=N–C) groups is 1. The maximum Gasteiger partial charge on any atom is 0.0653 e. The fraction of sp³-hybridized carbons (Fsp3) is 0.242. The van der Waals surface area contributed by atoms with Crippen LogP contribution in [0.3, 0.4) is 0 Å². The van der Waals surface area contributed by atoms with E-state index in [2.05, 4.69) is 133 Å². The molecule has 0 fully saturated rings. The van der Waals surface area contributed by atoms with Gasteiger partial charge in [-0.1, -0.05) is 105 Å². The van der Waals surface area contributed by atoms with Crippen LogP contribution in [0.25, 0.3) is 5.57 Å². The first-order chi connectivity index (χ1) is 16.5. The molecule has 0 amide bonds. The Balaban J connectivity index is 0.00000168. The lowest BCUT2D eigenvalue weighted by Crippen LogP contribution is -2.00. The molecule has 3 rings (SSSR count). The minimum Gasteiger partial charge on any atom is -0.280 e. The van der Waals surface area contributed by atoms with E-state index in [4.69, 9.17) is 4.99 Å². The van der Waals surface area contributed by atoms with E-state index in [1.54, 1.807) is 0 Å². The van der Waals surface area contributed by atoms with E-state index >= 15 is 0 Å². The molecule has 0 unspecified atom stereocenters.